The molecule has 0 saturated carbocycles. The lowest BCUT2D eigenvalue weighted by Crippen LogP contribution is -2.13. The molecular formula is C15H21N3OS. The van der Waals surface area contributed by atoms with E-state index in [1.54, 1.807) is 11.8 Å². The molecule has 0 amide bonds. The normalized spacial score (nSPS) is 12.8. The Bertz CT molecular complexity index is 536. The largest absolute Gasteiger partial charge is 0.338 e. The number of thioether (sulfide) groups is 1. The van der Waals surface area contributed by atoms with Crippen LogP contribution in [0.15, 0.2) is 33.7 Å². The molecule has 0 aliphatic rings. The van der Waals surface area contributed by atoms with Gasteiger partial charge in [-0.2, -0.15) is 4.98 Å². The maximum absolute atomic E-state index is 6.03. The molecule has 0 aliphatic heterocycles. The van der Waals surface area contributed by atoms with E-state index in [0.29, 0.717) is 23.4 Å². The maximum Gasteiger partial charge on any atom is 0.243 e. The molecule has 0 aliphatic carbocycles. The van der Waals surface area contributed by atoms with Crippen LogP contribution in [0.1, 0.15) is 43.6 Å². The fourth-order valence-electron chi connectivity index (χ4n) is 1.87. The zero-order valence-electron chi connectivity index (χ0n) is 12.2. The number of rotatable bonds is 6. The Morgan fingerprint density at radius 2 is 1.95 bits per heavy atom. The molecule has 108 valence electrons. The predicted octanol–water partition coefficient (Wildman–Crippen LogP) is 3.72. The second-order valence-corrected chi connectivity index (χ2v) is 6.44. The molecule has 2 rings (SSSR count). The minimum Gasteiger partial charge on any atom is -0.338 e. The summed E-state index contributed by atoms with van der Waals surface area (Å²) in [6.45, 7) is 6.34. The highest BCUT2D eigenvalue weighted by atomic mass is 32.2. The molecule has 2 aromatic rings. The molecule has 1 aromatic heterocycles. The number of hydrogen-bond donors (Lipinski definition) is 1. The summed E-state index contributed by atoms with van der Waals surface area (Å²) < 4.78 is 5.24. The Morgan fingerprint density at radius 1 is 1.25 bits per heavy atom. The first-order valence-electron chi connectivity index (χ1n) is 6.82. The molecular weight excluding hydrogens is 270 g/mol. The minimum atomic E-state index is -0.166. The van der Waals surface area contributed by atoms with Crippen molar-refractivity contribution < 1.29 is 4.52 Å². The van der Waals surface area contributed by atoms with Crippen molar-refractivity contribution in [3.63, 3.8) is 0 Å². The molecule has 2 N–H and O–H groups in total. The van der Waals surface area contributed by atoms with Crippen LogP contribution in [0.5, 0.6) is 0 Å². The maximum atomic E-state index is 6.03. The Labute approximate surface area is 124 Å². The number of hydrogen-bond acceptors (Lipinski definition) is 5. The average molecular weight is 291 g/mol. The van der Waals surface area contributed by atoms with Gasteiger partial charge >= 0.3 is 0 Å². The van der Waals surface area contributed by atoms with Gasteiger partial charge in [0.15, 0.2) is 5.82 Å². The summed E-state index contributed by atoms with van der Waals surface area (Å²) in [5.74, 6) is 2.45. The SMILES string of the molecule is Cc1ccc(SCc2noc([C@@H](N)CC(C)C)n2)cc1. The average Bonchev–Trinajstić information content (AvgIpc) is 2.86. The van der Waals surface area contributed by atoms with Crippen molar-refractivity contribution in [2.24, 2.45) is 11.7 Å². The summed E-state index contributed by atoms with van der Waals surface area (Å²) >= 11 is 1.70. The van der Waals surface area contributed by atoms with Gasteiger partial charge in [0.1, 0.15) is 0 Å². The molecule has 0 spiro atoms. The van der Waals surface area contributed by atoms with Crippen molar-refractivity contribution in [3.05, 3.63) is 41.5 Å². The fraction of sp³-hybridized carbons (Fsp3) is 0.467. The highest BCUT2D eigenvalue weighted by Gasteiger charge is 2.16. The Morgan fingerprint density at radius 3 is 2.60 bits per heavy atom. The van der Waals surface area contributed by atoms with E-state index >= 15 is 0 Å². The third-order valence-corrected chi connectivity index (χ3v) is 3.92. The van der Waals surface area contributed by atoms with Gasteiger partial charge in [-0.05, 0) is 31.4 Å². The number of aryl methyl sites for hydroxylation is 1. The second kappa shape index (κ2) is 6.90. The van der Waals surface area contributed by atoms with Crippen LogP contribution in [-0.2, 0) is 5.75 Å². The van der Waals surface area contributed by atoms with Gasteiger partial charge in [-0.1, -0.05) is 36.7 Å². The highest BCUT2D eigenvalue weighted by Crippen LogP contribution is 2.23. The van der Waals surface area contributed by atoms with Crippen LogP contribution in [0.3, 0.4) is 0 Å². The summed E-state index contributed by atoms with van der Waals surface area (Å²) in [4.78, 5) is 5.57. The van der Waals surface area contributed by atoms with Crippen LogP contribution in [0.4, 0.5) is 0 Å². The third kappa shape index (κ3) is 4.35. The third-order valence-electron chi connectivity index (χ3n) is 2.92. The van der Waals surface area contributed by atoms with Crippen LogP contribution < -0.4 is 5.73 Å². The van der Waals surface area contributed by atoms with Crippen molar-refractivity contribution in [2.75, 3.05) is 0 Å². The number of aromatic nitrogens is 2. The van der Waals surface area contributed by atoms with E-state index in [4.69, 9.17) is 10.3 Å². The molecule has 1 atom stereocenters. The molecule has 0 radical (unpaired) electrons. The molecule has 1 heterocycles. The van der Waals surface area contributed by atoms with Crippen molar-refractivity contribution in [1.29, 1.82) is 0 Å². The molecule has 20 heavy (non-hydrogen) atoms. The van der Waals surface area contributed by atoms with E-state index in [9.17, 15) is 0 Å². The Hall–Kier alpha value is -1.33. The summed E-state index contributed by atoms with van der Waals surface area (Å²) in [6, 6.07) is 8.24. The summed E-state index contributed by atoms with van der Waals surface area (Å²) in [7, 11) is 0. The van der Waals surface area contributed by atoms with Gasteiger partial charge in [0.2, 0.25) is 5.89 Å². The quantitative estimate of drug-likeness (QED) is 0.822. The van der Waals surface area contributed by atoms with Gasteiger partial charge < -0.3 is 10.3 Å². The Balaban J connectivity index is 1.91. The van der Waals surface area contributed by atoms with Gasteiger partial charge in [0.05, 0.1) is 11.8 Å². The summed E-state index contributed by atoms with van der Waals surface area (Å²) in [6.07, 6.45) is 0.854. The number of nitrogens with zero attached hydrogens (tertiary/aromatic N) is 2. The van der Waals surface area contributed by atoms with E-state index in [0.717, 1.165) is 6.42 Å². The zero-order valence-corrected chi connectivity index (χ0v) is 13.0. The molecule has 4 nitrogen and oxygen atoms in total. The van der Waals surface area contributed by atoms with E-state index in [1.165, 1.54) is 10.5 Å². The lowest BCUT2D eigenvalue weighted by molar-refractivity contribution is 0.333. The predicted molar refractivity (Wildman–Crippen MR) is 81.4 cm³/mol. The van der Waals surface area contributed by atoms with Gasteiger partial charge in [0.25, 0.3) is 0 Å². The zero-order chi connectivity index (χ0) is 14.5. The van der Waals surface area contributed by atoms with E-state index in [2.05, 4.69) is 55.2 Å². The van der Waals surface area contributed by atoms with E-state index in [-0.39, 0.29) is 6.04 Å². The van der Waals surface area contributed by atoms with Crippen molar-refractivity contribution >= 4 is 11.8 Å². The van der Waals surface area contributed by atoms with E-state index < -0.39 is 0 Å². The van der Waals surface area contributed by atoms with Crippen molar-refractivity contribution in [3.8, 4) is 0 Å². The van der Waals surface area contributed by atoms with Crippen LogP contribution in [0.2, 0.25) is 0 Å². The van der Waals surface area contributed by atoms with Crippen molar-refractivity contribution in [2.45, 2.75) is 43.9 Å². The van der Waals surface area contributed by atoms with Gasteiger partial charge in [-0.25, -0.2) is 0 Å². The molecule has 5 heteroatoms. The molecule has 0 unspecified atom stereocenters. The monoisotopic (exact) mass is 291 g/mol. The summed E-state index contributed by atoms with van der Waals surface area (Å²) in [5.41, 5.74) is 7.29. The lowest BCUT2D eigenvalue weighted by atomic mass is 10.0. The topological polar surface area (TPSA) is 64.9 Å². The summed E-state index contributed by atoms with van der Waals surface area (Å²) in [5, 5.41) is 3.99. The van der Waals surface area contributed by atoms with Gasteiger partial charge in [0, 0.05) is 4.90 Å². The minimum absolute atomic E-state index is 0.166. The van der Waals surface area contributed by atoms with Crippen LogP contribution >= 0.6 is 11.8 Å². The number of nitrogens with two attached hydrogens (primary N) is 1. The van der Waals surface area contributed by atoms with Gasteiger partial charge in [-0.3, -0.25) is 0 Å². The smallest absolute Gasteiger partial charge is 0.243 e. The first-order valence-corrected chi connectivity index (χ1v) is 7.80. The van der Waals surface area contributed by atoms with E-state index in [1.807, 2.05) is 0 Å². The first kappa shape index (κ1) is 15.1. The van der Waals surface area contributed by atoms with Gasteiger partial charge in [-0.15, -0.1) is 11.8 Å². The first-order chi connectivity index (χ1) is 9.54. The highest BCUT2D eigenvalue weighted by molar-refractivity contribution is 7.98. The Kier molecular flexibility index (Phi) is 5.20. The van der Waals surface area contributed by atoms with Crippen LogP contribution in [-0.4, -0.2) is 10.1 Å². The van der Waals surface area contributed by atoms with Crippen LogP contribution in [0, 0.1) is 12.8 Å². The molecule has 1 aromatic carbocycles. The fourth-order valence-corrected chi connectivity index (χ4v) is 2.61. The number of benzene rings is 1. The lowest BCUT2D eigenvalue weighted by Gasteiger charge is -2.08. The standard InChI is InChI=1S/C15H21N3OS/c1-10(2)8-13(16)15-17-14(18-19-15)9-20-12-6-4-11(3)5-7-12/h4-7,10,13H,8-9,16H2,1-3H3/t13-/m0/s1. The second-order valence-electron chi connectivity index (χ2n) is 5.39. The molecule has 0 saturated heterocycles. The molecule has 0 fully saturated rings. The van der Waals surface area contributed by atoms with Crippen molar-refractivity contribution in [1.82, 2.24) is 10.1 Å². The van der Waals surface area contributed by atoms with Crippen LogP contribution in [0.25, 0.3) is 0 Å². The molecule has 0 bridgehead atoms.